The van der Waals surface area contributed by atoms with Crippen LogP contribution >= 0.6 is 0 Å². The molecule has 1 aromatic heterocycles. The highest BCUT2D eigenvalue weighted by Gasteiger charge is 2.42. The van der Waals surface area contributed by atoms with Crippen molar-refractivity contribution in [3.63, 3.8) is 0 Å². The molecule has 0 radical (unpaired) electrons. The maximum atomic E-state index is 12.5. The first kappa shape index (κ1) is 15.3. The van der Waals surface area contributed by atoms with Crippen molar-refractivity contribution in [3.8, 4) is 0 Å². The zero-order valence-corrected chi connectivity index (χ0v) is 13.8. The molecule has 0 spiro atoms. The molecule has 120 valence electrons. The monoisotopic (exact) mass is 301 g/mol. The van der Waals surface area contributed by atoms with Crippen molar-refractivity contribution < 1.29 is 4.79 Å². The average Bonchev–Trinajstić information content (AvgIpc) is 3.09. The molecule has 4 atom stereocenters. The zero-order chi connectivity index (χ0) is 15.7. The minimum atomic E-state index is 0.0180. The van der Waals surface area contributed by atoms with E-state index in [4.69, 9.17) is 0 Å². The maximum Gasteiger partial charge on any atom is 0.251 e. The molecule has 2 N–H and O–H groups in total. The number of fused-ring (bicyclic) bond motifs is 2. The molecule has 1 heterocycles. The lowest BCUT2D eigenvalue weighted by molar-refractivity contribution is 0.0915. The normalized spacial score (nSPS) is 27.9. The molecule has 3 rings (SSSR count). The van der Waals surface area contributed by atoms with Crippen LogP contribution in [-0.2, 0) is 0 Å². The topological polar surface area (TPSA) is 54.0 Å². The summed E-state index contributed by atoms with van der Waals surface area (Å²) in [7, 11) is 0. The van der Waals surface area contributed by atoms with Crippen molar-refractivity contribution in [1.82, 2.24) is 10.3 Å². The van der Waals surface area contributed by atoms with Crippen LogP contribution in [0.15, 0.2) is 18.3 Å². The lowest BCUT2D eigenvalue weighted by atomic mass is 9.84. The fourth-order valence-electron chi connectivity index (χ4n) is 4.25. The van der Waals surface area contributed by atoms with E-state index in [1.165, 1.54) is 25.7 Å². The average molecular weight is 301 g/mol. The Labute approximate surface area is 133 Å². The fourth-order valence-corrected chi connectivity index (χ4v) is 4.25. The number of aromatic nitrogens is 1. The summed E-state index contributed by atoms with van der Waals surface area (Å²) in [4.78, 5) is 16.7. The van der Waals surface area contributed by atoms with Crippen molar-refractivity contribution in [2.24, 2.45) is 17.8 Å². The molecule has 4 nitrogen and oxygen atoms in total. The quantitative estimate of drug-likeness (QED) is 0.875. The molecule has 0 aromatic carbocycles. The molecule has 4 unspecified atom stereocenters. The number of carbonyl (C=O) groups excluding carboxylic acids is 1. The molecule has 2 bridgehead atoms. The van der Waals surface area contributed by atoms with Crippen LogP contribution in [0.4, 0.5) is 5.82 Å². The summed E-state index contributed by atoms with van der Waals surface area (Å²) in [5.74, 6) is 3.19. The third-order valence-electron chi connectivity index (χ3n) is 5.25. The number of carbonyl (C=O) groups is 1. The van der Waals surface area contributed by atoms with Gasteiger partial charge in [0.25, 0.3) is 5.91 Å². The summed E-state index contributed by atoms with van der Waals surface area (Å²) in [5, 5.41) is 6.45. The summed E-state index contributed by atoms with van der Waals surface area (Å²) in [6.45, 7) is 6.29. The van der Waals surface area contributed by atoms with Gasteiger partial charge in [0, 0.05) is 23.8 Å². The number of amides is 1. The second kappa shape index (κ2) is 6.27. The largest absolute Gasteiger partial charge is 0.368 e. The van der Waals surface area contributed by atoms with Crippen molar-refractivity contribution in [1.29, 1.82) is 0 Å². The first-order valence-electron chi connectivity index (χ1n) is 8.56. The summed E-state index contributed by atoms with van der Waals surface area (Å²) >= 11 is 0. The number of pyridine rings is 1. The molecular formula is C18H27N3O. The summed E-state index contributed by atoms with van der Waals surface area (Å²) in [6, 6.07) is 4.19. The van der Waals surface area contributed by atoms with Gasteiger partial charge >= 0.3 is 0 Å². The van der Waals surface area contributed by atoms with Gasteiger partial charge in [0.05, 0.1) is 0 Å². The lowest BCUT2D eigenvalue weighted by Crippen LogP contribution is -2.40. The maximum absolute atomic E-state index is 12.5. The van der Waals surface area contributed by atoms with Gasteiger partial charge in [-0.05, 0) is 69.9 Å². The van der Waals surface area contributed by atoms with E-state index in [0.29, 0.717) is 17.5 Å². The SMILES string of the molecule is CC(C)Nc1cc(C(=O)NC(C)C2CC3CCC2C3)ccn1. The third kappa shape index (κ3) is 3.26. The van der Waals surface area contributed by atoms with E-state index >= 15 is 0 Å². The zero-order valence-electron chi connectivity index (χ0n) is 13.8. The van der Waals surface area contributed by atoms with Crippen LogP contribution in [0.1, 0.15) is 56.8 Å². The number of nitrogens with zero attached hydrogens (tertiary/aromatic N) is 1. The van der Waals surface area contributed by atoms with E-state index in [2.05, 4.69) is 36.4 Å². The van der Waals surface area contributed by atoms with Crippen LogP contribution < -0.4 is 10.6 Å². The van der Waals surface area contributed by atoms with Gasteiger partial charge in [0.2, 0.25) is 0 Å². The predicted octanol–water partition coefficient (Wildman–Crippen LogP) is 3.46. The van der Waals surface area contributed by atoms with Gasteiger partial charge < -0.3 is 10.6 Å². The van der Waals surface area contributed by atoms with Crippen LogP contribution in [0, 0.1) is 17.8 Å². The van der Waals surface area contributed by atoms with E-state index < -0.39 is 0 Å². The molecule has 22 heavy (non-hydrogen) atoms. The Morgan fingerprint density at radius 2 is 2.09 bits per heavy atom. The van der Waals surface area contributed by atoms with Gasteiger partial charge in [-0.3, -0.25) is 4.79 Å². The van der Waals surface area contributed by atoms with E-state index in [1.807, 2.05) is 6.07 Å². The Morgan fingerprint density at radius 3 is 2.73 bits per heavy atom. The Morgan fingerprint density at radius 1 is 1.27 bits per heavy atom. The molecule has 4 heteroatoms. The molecule has 2 fully saturated rings. The Bertz CT molecular complexity index is 543. The Hall–Kier alpha value is -1.58. The van der Waals surface area contributed by atoms with Gasteiger partial charge in [0.1, 0.15) is 5.82 Å². The Balaban J connectivity index is 1.61. The van der Waals surface area contributed by atoms with Crippen LogP contribution in [0.25, 0.3) is 0 Å². The molecule has 1 aromatic rings. The smallest absolute Gasteiger partial charge is 0.251 e. The predicted molar refractivity (Wildman–Crippen MR) is 88.9 cm³/mol. The van der Waals surface area contributed by atoms with Crippen molar-refractivity contribution >= 4 is 11.7 Å². The fraction of sp³-hybridized carbons (Fsp3) is 0.667. The first-order valence-corrected chi connectivity index (χ1v) is 8.56. The van der Waals surface area contributed by atoms with E-state index in [0.717, 1.165) is 17.7 Å². The molecule has 2 aliphatic rings. The highest BCUT2D eigenvalue weighted by Crippen LogP contribution is 2.49. The van der Waals surface area contributed by atoms with Crippen molar-refractivity contribution in [3.05, 3.63) is 23.9 Å². The van der Waals surface area contributed by atoms with E-state index in [1.54, 1.807) is 12.3 Å². The van der Waals surface area contributed by atoms with Crippen molar-refractivity contribution in [2.75, 3.05) is 5.32 Å². The number of nitrogens with one attached hydrogen (secondary N) is 2. The Kier molecular flexibility index (Phi) is 4.37. The van der Waals surface area contributed by atoms with Gasteiger partial charge in [-0.1, -0.05) is 6.42 Å². The molecular weight excluding hydrogens is 274 g/mol. The van der Waals surface area contributed by atoms with Crippen LogP contribution in [0.3, 0.4) is 0 Å². The van der Waals surface area contributed by atoms with Gasteiger partial charge in [-0.15, -0.1) is 0 Å². The molecule has 2 aliphatic carbocycles. The number of rotatable bonds is 5. The molecule has 2 saturated carbocycles. The highest BCUT2D eigenvalue weighted by atomic mass is 16.1. The molecule has 1 amide bonds. The van der Waals surface area contributed by atoms with E-state index in [-0.39, 0.29) is 11.9 Å². The van der Waals surface area contributed by atoms with Crippen LogP contribution in [0.5, 0.6) is 0 Å². The summed E-state index contributed by atoms with van der Waals surface area (Å²) in [5.41, 5.74) is 0.688. The minimum absolute atomic E-state index is 0.0180. The molecule has 0 aliphatic heterocycles. The van der Waals surface area contributed by atoms with Gasteiger partial charge in [-0.25, -0.2) is 4.98 Å². The third-order valence-corrected chi connectivity index (χ3v) is 5.25. The van der Waals surface area contributed by atoms with Gasteiger partial charge in [-0.2, -0.15) is 0 Å². The number of hydrogen-bond donors (Lipinski definition) is 2. The van der Waals surface area contributed by atoms with E-state index in [9.17, 15) is 4.79 Å². The number of hydrogen-bond acceptors (Lipinski definition) is 3. The second-order valence-electron chi connectivity index (χ2n) is 7.33. The summed E-state index contributed by atoms with van der Waals surface area (Å²) in [6.07, 6.45) is 7.12. The number of anilines is 1. The van der Waals surface area contributed by atoms with Crippen molar-refractivity contribution in [2.45, 2.75) is 58.5 Å². The standard InChI is InChI=1S/C18H27N3O/c1-11(2)20-17-10-15(6-7-19-17)18(22)21-12(3)16-9-13-4-5-14(16)8-13/h6-7,10-14,16H,4-5,8-9H2,1-3H3,(H,19,20)(H,21,22). The van der Waals surface area contributed by atoms with Gasteiger partial charge in [0.15, 0.2) is 0 Å². The molecule has 0 saturated heterocycles. The highest BCUT2D eigenvalue weighted by molar-refractivity contribution is 5.95. The summed E-state index contributed by atoms with van der Waals surface area (Å²) < 4.78 is 0. The minimum Gasteiger partial charge on any atom is -0.368 e. The first-order chi connectivity index (χ1) is 10.5. The van der Waals surface area contributed by atoms with Crippen LogP contribution in [0.2, 0.25) is 0 Å². The van der Waals surface area contributed by atoms with Crippen LogP contribution in [-0.4, -0.2) is 23.0 Å². The second-order valence-corrected chi connectivity index (χ2v) is 7.33. The lowest BCUT2D eigenvalue weighted by Gasteiger charge is -2.28.